The van der Waals surface area contributed by atoms with Crippen molar-refractivity contribution in [3.8, 4) is 0 Å². The number of benzene rings is 2. The smallest absolute Gasteiger partial charge is 0.253 e. The maximum Gasteiger partial charge on any atom is 0.253 e. The Morgan fingerprint density at radius 1 is 1.00 bits per heavy atom. The highest BCUT2D eigenvalue weighted by Crippen LogP contribution is 2.56. The van der Waals surface area contributed by atoms with E-state index in [1.807, 2.05) is 30.3 Å². The summed E-state index contributed by atoms with van der Waals surface area (Å²) in [6.45, 7) is 0.370. The Hall–Kier alpha value is -2.66. The van der Waals surface area contributed by atoms with Crippen LogP contribution in [0.3, 0.4) is 0 Å². The average Bonchev–Trinajstić information content (AvgIpc) is 3.41. The van der Waals surface area contributed by atoms with E-state index < -0.39 is 0 Å². The summed E-state index contributed by atoms with van der Waals surface area (Å²) in [5, 5.41) is 3.14. The Kier molecular flexibility index (Phi) is 4.43. The Morgan fingerprint density at radius 2 is 1.66 bits per heavy atom. The number of anilines is 1. The number of imide groups is 1. The van der Waals surface area contributed by atoms with Gasteiger partial charge in [0.2, 0.25) is 11.8 Å². The molecule has 5 nitrogen and oxygen atoms in total. The van der Waals surface area contributed by atoms with E-state index in [1.54, 1.807) is 18.2 Å². The van der Waals surface area contributed by atoms with Crippen LogP contribution in [-0.4, -0.2) is 17.7 Å². The topological polar surface area (TPSA) is 66.5 Å². The summed E-state index contributed by atoms with van der Waals surface area (Å²) in [5.74, 6) is -0.297. The molecule has 2 aromatic rings. The first kappa shape index (κ1) is 18.4. The minimum Gasteiger partial charge on any atom is -0.348 e. The molecule has 1 saturated heterocycles. The highest BCUT2D eigenvalue weighted by Gasteiger charge is 2.61. The van der Waals surface area contributed by atoms with E-state index in [0.717, 1.165) is 24.8 Å². The van der Waals surface area contributed by atoms with E-state index >= 15 is 0 Å². The van der Waals surface area contributed by atoms with Crippen molar-refractivity contribution in [3.63, 3.8) is 0 Å². The van der Waals surface area contributed by atoms with Gasteiger partial charge in [0.15, 0.2) is 0 Å². The van der Waals surface area contributed by atoms with Gasteiger partial charge >= 0.3 is 0 Å². The maximum absolute atomic E-state index is 13.0. The van der Waals surface area contributed by atoms with Gasteiger partial charge in [0.05, 0.1) is 28.1 Å². The molecule has 5 rings (SSSR count). The van der Waals surface area contributed by atoms with Gasteiger partial charge in [-0.15, -0.1) is 0 Å². The van der Waals surface area contributed by atoms with Crippen molar-refractivity contribution >= 4 is 35.0 Å². The highest BCUT2D eigenvalue weighted by molar-refractivity contribution is 6.34. The molecule has 1 N–H and O–H groups in total. The standard InChI is InChI=1S/C23H21ClN2O3/c24-18-9-8-16(11-17(18)21(27)25-12-13-4-2-1-3-5-13)26-22(28)19-14-6-7-15(10-14)20(19)23(26)29/h1-5,8-9,11,14-15,19-20H,6-7,10,12H2,(H,25,27). The summed E-state index contributed by atoms with van der Waals surface area (Å²) in [7, 11) is 0. The van der Waals surface area contributed by atoms with Crippen molar-refractivity contribution < 1.29 is 14.4 Å². The molecule has 2 aliphatic carbocycles. The third-order valence-electron chi connectivity index (χ3n) is 6.68. The molecule has 3 aliphatic rings. The number of hydrogen-bond acceptors (Lipinski definition) is 3. The van der Waals surface area contributed by atoms with Crippen LogP contribution >= 0.6 is 11.6 Å². The second kappa shape index (κ2) is 6.99. The second-order valence-corrected chi connectivity index (χ2v) is 8.64. The van der Waals surface area contributed by atoms with Crippen LogP contribution in [0.15, 0.2) is 48.5 Å². The Balaban J connectivity index is 1.39. The monoisotopic (exact) mass is 408 g/mol. The quantitative estimate of drug-likeness (QED) is 0.782. The van der Waals surface area contributed by atoms with Crippen molar-refractivity contribution in [2.75, 3.05) is 4.90 Å². The van der Waals surface area contributed by atoms with Crippen LogP contribution in [0.5, 0.6) is 0 Å². The molecule has 4 unspecified atom stereocenters. The number of hydrogen-bond donors (Lipinski definition) is 1. The number of rotatable bonds is 4. The van der Waals surface area contributed by atoms with Gasteiger partial charge < -0.3 is 5.32 Å². The van der Waals surface area contributed by atoms with Crippen LogP contribution in [0, 0.1) is 23.7 Å². The third kappa shape index (κ3) is 2.96. The van der Waals surface area contributed by atoms with Crippen molar-refractivity contribution in [1.82, 2.24) is 5.32 Å². The Morgan fingerprint density at radius 3 is 2.31 bits per heavy atom. The average molecular weight is 409 g/mol. The van der Waals surface area contributed by atoms with E-state index in [2.05, 4.69) is 5.32 Å². The van der Waals surface area contributed by atoms with Crippen molar-refractivity contribution in [2.24, 2.45) is 23.7 Å². The molecule has 6 heteroatoms. The molecule has 1 heterocycles. The molecule has 2 saturated carbocycles. The number of amides is 3. The fourth-order valence-corrected chi connectivity index (χ4v) is 5.57. The highest BCUT2D eigenvalue weighted by atomic mass is 35.5. The summed E-state index contributed by atoms with van der Waals surface area (Å²) < 4.78 is 0. The van der Waals surface area contributed by atoms with Crippen LogP contribution in [0.1, 0.15) is 35.2 Å². The lowest BCUT2D eigenvalue weighted by Crippen LogP contribution is -2.33. The molecule has 0 radical (unpaired) electrons. The van der Waals surface area contributed by atoms with Gasteiger partial charge in [-0.1, -0.05) is 41.9 Å². The first-order valence-electron chi connectivity index (χ1n) is 10.0. The fraction of sp³-hybridized carbons (Fsp3) is 0.348. The van der Waals surface area contributed by atoms with Crippen molar-refractivity contribution in [1.29, 1.82) is 0 Å². The van der Waals surface area contributed by atoms with Gasteiger partial charge in [-0.05, 0) is 54.9 Å². The number of nitrogens with one attached hydrogen (secondary N) is 1. The van der Waals surface area contributed by atoms with Crippen LogP contribution in [0.2, 0.25) is 5.02 Å². The number of carbonyl (C=O) groups excluding carboxylic acids is 3. The molecule has 0 aromatic heterocycles. The largest absolute Gasteiger partial charge is 0.348 e. The molecule has 29 heavy (non-hydrogen) atoms. The second-order valence-electron chi connectivity index (χ2n) is 8.23. The predicted molar refractivity (Wildman–Crippen MR) is 109 cm³/mol. The first-order valence-corrected chi connectivity index (χ1v) is 10.4. The van der Waals surface area contributed by atoms with Gasteiger partial charge in [-0.25, -0.2) is 0 Å². The fourth-order valence-electron chi connectivity index (χ4n) is 5.36. The van der Waals surface area contributed by atoms with Gasteiger partial charge in [0, 0.05) is 6.54 Å². The number of fused-ring (bicyclic) bond motifs is 5. The number of halogens is 1. The predicted octanol–water partition coefficient (Wildman–Crippen LogP) is 3.81. The molecule has 3 fully saturated rings. The first-order chi connectivity index (χ1) is 14.0. The van der Waals surface area contributed by atoms with E-state index in [1.165, 1.54) is 4.90 Å². The zero-order valence-electron chi connectivity index (χ0n) is 15.8. The summed E-state index contributed by atoms with van der Waals surface area (Å²) in [5.41, 5.74) is 1.67. The lowest BCUT2D eigenvalue weighted by Gasteiger charge is -2.19. The zero-order chi connectivity index (χ0) is 20.1. The molecule has 148 valence electrons. The van der Waals surface area contributed by atoms with E-state index in [4.69, 9.17) is 11.6 Å². The van der Waals surface area contributed by atoms with Gasteiger partial charge in [0.1, 0.15) is 0 Å². The van der Waals surface area contributed by atoms with Crippen molar-refractivity contribution in [3.05, 3.63) is 64.7 Å². The normalized spacial score (nSPS) is 27.4. The van der Waals surface area contributed by atoms with Crippen LogP contribution in [-0.2, 0) is 16.1 Å². The van der Waals surface area contributed by atoms with Gasteiger partial charge in [-0.3, -0.25) is 19.3 Å². The molecule has 0 spiro atoms. The zero-order valence-corrected chi connectivity index (χ0v) is 16.6. The summed E-state index contributed by atoms with van der Waals surface area (Å²) in [6, 6.07) is 14.4. The Labute approximate surface area is 174 Å². The van der Waals surface area contributed by atoms with Crippen LogP contribution in [0.25, 0.3) is 0 Å². The van der Waals surface area contributed by atoms with E-state index in [9.17, 15) is 14.4 Å². The van der Waals surface area contributed by atoms with E-state index in [-0.39, 0.29) is 35.1 Å². The lowest BCUT2D eigenvalue weighted by molar-refractivity contribution is -0.123. The van der Waals surface area contributed by atoms with Crippen molar-refractivity contribution in [2.45, 2.75) is 25.8 Å². The minimum atomic E-state index is -0.333. The molecule has 3 amide bonds. The SMILES string of the molecule is O=C(NCc1ccccc1)c1cc(N2C(=O)C3C4CCC(C4)C3C2=O)ccc1Cl. The van der Waals surface area contributed by atoms with Crippen LogP contribution in [0.4, 0.5) is 5.69 Å². The molecule has 2 bridgehead atoms. The number of carbonyl (C=O) groups is 3. The molecular weight excluding hydrogens is 388 g/mol. The maximum atomic E-state index is 13.0. The molecule has 4 atom stereocenters. The summed E-state index contributed by atoms with van der Waals surface area (Å²) in [4.78, 5) is 40.0. The van der Waals surface area contributed by atoms with Crippen LogP contribution < -0.4 is 10.2 Å². The number of nitrogens with zero attached hydrogens (tertiary/aromatic N) is 1. The van der Waals surface area contributed by atoms with Gasteiger partial charge in [0.25, 0.3) is 5.91 Å². The minimum absolute atomic E-state index is 0.120. The van der Waals surface area contributed by atoms with Gasteiger partial charge in [-0.2, -0.15) is 0 Å². The summed E-state index contributed by atoms with van der Waals surface area (Å²) >= 11 is 6.26. The molecule has 1 aliphatic heterocycles. The summed E-state index contributed by atoms with van der Waals surface area (Å²) in [6.07, 6.45) is 3.06. The van der Waals surface area contributed by atoms with E-state index in [0.29, 0.717) is 29.1 Å². The molecule has 2 aromatic carbocycles. The third-order valence-corrected chi connectivity index (χ3v) is 7.01. The Bertz CT molecular complexity index is 978. The lowest BCUT2D eigenvalue weighted by atomic mass is 9.81. The molecular formula is C23H21ClN2O3.